The van der Waals surface area contributed by atoms with Crippen LogP contribution in [0.5, 0.6) is 0 Å². The third-order valence-electron chi connectivity index (χ3n) is 3.19. The lowest BCUT2D eigenvalue weighted by Crippen LogP contribution is -2.21. The molecule has 0 bridgehead atoms. The Morgan fingerprint density at radius 2 is 2.05 bits per heavy atom. The standard InChI is InChI=1S/C14H20N2O3Si/c1-20(2,3)9-8-19-11-15-7-6-12-10-13(16(17)18)4-5-14(12)15/h4-7,10H,8-9,11H2,1-3H3. The van der Waals surface area contributed by atoms with Crippen molar-refractivity contribution in [2.45, 2.75) is 32.4 Å². The summed E-state index contributed by atoms with van der Waals surface area (Å²) in [7, 11) is -1.06. The molecule has 5 nitrogen and oxygen atoms in total. The Bertz CT molecular complexity index is 616. The average Bonchev–Trinajstić information content (AvgIpc) is 2.76. The molecule has 1 heterocycles. The van der Waals surface area contributed by atoms with E-state index in [1.165, 1.54) is 6.07 Å². The van der Waals surface area contributed by atoms with E-state index < -0.39 is 8.07 Å². The summed E-state index contributed by atoms with van der Waals surface area (Å²) in [6.07, 6.45) is 1.91. The van der Waals surface area contributed by atoms with Crippen LogP contribution in [0.3, 0.4) is 0 Å². The Morgan fingerprint density at radius 3 is 2.70 bits per heavy atom. The zero-order valence-electron chi connectivity index (χ0n) is 12.1. The number of nitro groups is 1. The quantitative estimate of drug-likeness (QED) is 0.351. The van der Waals surface area contributed by atoms with Crippen LogP contribution in [-0.2, 0) is 11.5 Å². The van der Waals surface area contributed by atoms with Crippen molar-refractivity contribution in [3.63, 3.8) is 0 Å². The molecule has 0 atom stereocenters. The maximum Gasteiger partial charge on any atom is 0.270 e. The highest BCUT2D eigenvalue weighted by atomic mass is 28.3. The number of ether oxygens (including phenoxy) is 1. The van der Waals surface area contributed by atoms with Gasteiger partial charge in [-0.1, -0.05) is 19.6 Å². The first-order valence-electron chi connectivity index (χ1n) is 6.68. The van der Waals surface area contributed by atoms with Gasteiger partial charge in [-0.2, -0.15) is 0 Å². The van der Waals surface area contributed by atoms with Crippen molar-refractivity contribution < 1.29 is 9.66 Å². The third kappa shape index (κ3) is 3.67. The molecular formula is C14H20N2O3Si. The molecule has 0 aliphatic carbocycles. The highest BCUT2D eigenvalue weighted by Gasteiger charge is 2.12. The molecular weight excluding hydrogens is 272 g/mol. The maximum atomic E-state index is 10.7. The largest absolute Gasteiger partial charge is 0.361 e. The second-order valence-electron chi connectivity index (χ2n) is 6.13. The molecule has 20 heavy (non-hydrogen) atoms. The molecule has 0 spiro atoms. The average molecular weight is 292 g/mol. The Kier molecular flexibility index (Phi) is 4.25. The van der Waals surface area contributed by atoms with Crippen molar-refractivity contribution in [2.75, 3.05) is 6.61 Å². The molecule has 2 aromatic rings. The van der Waals surface area contributed by atoms with Gasteiger partial charge in [-0.3, -0.25) is 10.1 Å². The first kappa shape index (κ1) is 14.7. The summed E-state index contributed by atoms with van der Waals surface area (Å²) in [5.41, 5.74) is 1.08. The van der Waals surface area contributed by atoms with E-state index in [1.807, 2.05) is 16.8 Å². The SMILES string of the molecule is C[Si](C)(C)CCOCn1ccc2cc([N+](=O)[O-])ccc21. The van der Waals surface area contributed by atoms with Gasteiger partial charge >= 0.3 is 0 Å². The van der Waals surface area contributed by atoms with Gasteiger partial charge in [0.2, 0.25) is 0 Å². The van der Waals surface area contributed by atoms with Gasteiger partial charge in [-0.05, 0) is 18.2 Å². The lowest BCUT2D eigenvalue weighted by molar-refractivity contribution is -0.384. The monoisotopic (exact) mass is 292 g/mol. The molecule has 0 saturated carbocycles. The molecule has 108 valence electrons. The molecule has 0 aliphatic rings. The van der Waals surface area contributed by atoms with Gasteiger partial charge in [-0.15, -0.1) is 0 Å². The van der Waals surface area contributed by atoms with Gasteiger partial charge < -0.3 is 9.30 Å². The van der Waals surface area contributed by atoms with E-state index in [-0.39, 0.29) is 10.6 Å². The lowest BCUT2D eigenvalue weighted by Gasteiger charge is -2.15. The predicted octanol–water partition coefficient (Wildman–Crippen LogP) is 3.86. The molecule has 0 amide bonds. The molecule has 0 aliphatic heterocycles. The minimum atomic E-state index is -1.06. The fourth-order valence-corrected chi connectivity index (χ4v) is 2.71. The Morgan fingerprint density at radius 1 is 1.30 bits per heavy atom. The van der Waals surface area contributed by atoms with Crippen LogP contribution in [0.1, 0.15) is 0 Å². The smallest absolute Gasteiger partial charge is 0.270 e. The number of nitrogens with zero attached hydrogens (tertiary/aromatic N) is 2. The van der Waals surface area contributed by atoms with E-state index in [0.717, 1.165) is 23.6 Å². The number of non-ortho nitro benzene ring substituents is 1. The summed E-state index contributed by atoms with van der Waals surface area (Å²) < 4.78 is 7.68. The molecule has 0 saturated heterocycles. The van der Waals surface area contributed by atoms with Crippen molar-refractivity contribution >= 4 is 24.7 Å². The summed E-state index contributed by atoms with van der Waals surface area (Å²) in [6, 6.07) is 7.91. The van der Waals surface area contributed by atoms with Crippen molar-refractivity contribution in [3.05, 3.63) is 40.6 Å². The fourth-order valence-electron chi connectivity index (χ4n) is 1.95. The van der Waals surface area contributed by atoms with Gasteiger partial charge in [0.25, 0.3) is 5.69 Å². The zero-order chi connectivity index (χ0) is 14.8. The topological polar surface area (TPSA) is 57.3 Å². The summed E-state index contributed by atoms with van der Waals surface area (Å²) in [6.45, 7) is 8.22. The van der Waals surface area contributed by atoms with Crippen molar-refractivity contribution in [1.29, 1.82) is 0 Å². The fraction of sp³-hybridized carbons (Fsp3) is 0.429. The van der Waals surface area contributed by atoms with Gasteiger partial charge in [0.05, 0.1) is 10.4 Å². The molecule has 0 N–H and O–H groups in total. The van der Waals surface area contributed by atoms with Crippen LogP contribution < -0.4 is 0 Å². The van der Waals surface area contributed by atoms with Gasteiger partial charge in [0, 0.05) is 38.4 Å². The molecule has 6 heteroatoms. The first-order valence-corrected chi connectivity index (χ1v) is 10.4. The Balaban J connectivity index is 2.03. The Labute approximate surface area is 119 Å². The Hall–Kier alpha value is -1.66. The number of hydrogen-bond acceptors (Lipinski definition) is 3. The maximum absolute atomic E-state index is 10.7. The first-order chi connectivity index (χ1) is 9.37. The van der Waals surface area contributed by atoms with Crippen LogP contribution in [-0.4, -0.2) is 24.2 Å². The van der Waals surface area contributed by atoms with Crippen LogP contribution in [0.2, 0.25) is 25.7 Å². The minimum absolute atomic E-state index is 0.120. The van der Waals surface area contributed by atoms with Crippen LogP contribution in [0.15, 0.2) is 30.5 Å². The van der Waals surface area contributed by atoms with Crippen LogP contribution in [0, 0.1) is 10.1 Å². The number of benzene rings is 1. The lowest BCUT2D eigenvalue weighted by atomic mass is 10.2. The number of nitro benzene ring substituents is 1. The van der Waals surface area contributed by atoms with Crippen LogP contribution >= 0.6 is 0 Å². The number of hydrogen-bond donors (Lipinski definition) is 0. The zero-order valence-corrected chi connectivity index (χ0v) is 13.1. The highest BCUT2D eigenvalue weighted by Crippen LogP contribution is 2.22. The number of rotatable bonds is 6. The van der Waals surface area contributed by atoms with E-state index in [2.05, 4.69) is 19.6 Å². The third-order valence-corrected chi connectivity index (χ3v) is 4.90. The second kappa shape index (κ2) is 5.76. The van der Waals surface area contributed by atoms with E-state index in [4.69, 9.17) is 4.74 Å². The molecule has 0 radical (unpaired) electrons. The van der Waals surface area contributed by atoms with Crippen LogP contribution in [0.25, 0.3) is 10.9 Å². The van der Waals surface area contributed by atoms with E-state index in [0.29, 0.717) is 6.73 Å². The minimum Gasteiger partial charge on any atom is -0.361 e. The predicted molar refractivity (Wildman–Crippen MR) is 82.7 cm³/mol. The van der Waals surface area contributed by atoms with Crippen molar-refractivity contribution in [2.24, 2.45) is 0 Å². The highest BCUT2D eigenvalue weighted by molar-refractivity contribution is 6.76. The van der Waals surface area contributed by atoms with E-state index in [1.54, 1.807) is 12.1 Å². The van der Waals surface area contributed by atoms with Gasteiger partial charge in [-0.25, -0.2) is 0 Å². The van der Waals surface area contributed by atoms with E-state index in [9.17, 15) is 10.1 Å². The summed E-state index contributed by atoms with van der Waals surface area (Å²) in [5.74, 6) is 0. The molecule has 0 unspecified atom stereocenters. The molecule has 2 rings (SSSR count). The van der Waals surface area contributed by atoms with Crippen molar-refractivity contribution in [3.8, 4) is 0 Å². The molecule has 0 fully saturated rings. The summed E-state index contributed by atoms with van der Waals surface area (Å²) in [4.78, 5) is 10.4. The van der Waals surface area contributed by atoms with Gasteiger partial charge in [0.1, 0.15) is 6.73 Å². The number of aromatic nitrogens is 1. The van der Waals surface area contributed by atoms with Crippen molar-refractivity contribution in [1.82, 2.24) is 4.57 Å². The molecule has 1 aromatic carbocycles. The second-order valence-corrected chi connectivity index (χ2v) is 11.8. The summed E-state index contributed by atoms with van der Waals surface area (Å²) in [5, 5.41) is 11.6. The molecule has 1 aromatic heterocycles. The van der Waals surface area contributed by atoms with Gasteiger partial charge in [0.15, 0.2) is 0 Å². The number of fused-ring (bicyclic) bond motifs is 1. The van der Waals surface area contributed by atoms with E-state index >= 15 is 0 Å². The van der Waals surface area contributed by atoms with Crippen LogP contribution in [0.4, 0.5) is 5.69 Å². The normalized spacial score (nSPS) is 11.9. The summed E-state index contributed by atoms with van der Waals surface area (Å²) >= 11 is 0.